The second-order valence-corrected chi connectivity index (χ2v) is 7.89. The number of nitrogens with one attached hydrogen (secondary N) is 2. The molecule has 1 saturated carbocycles. The minimum Gasteiger partial charge on any atom is -0.357 e. The van der Waals surface area contributed by atoms with Gasteiger partial charge in [0.1, 0.15) is 5.82 Å². The fraction of sp³-hybridized carbons (Fsp3) is 0.636. The zero-order valence-electron chi connectivity index (χ0n) is 17.3. The van der Waals surface area contributed by atoms with Crippen LogP contribution in [0.1, 0.15) is 51.0 Å². The maximum Gasteiger partial charge on any atom is 0.225 e. The summed E-state index contributed by atoms with van der Waals surface area (Å²) in [7, 11) is 0. The highest BCUT2D eigenvalue weighted by molar-refractivity contribution is 14.0. The lowest BCUT2D eigenvalue weighted by atomic mass is 9.88. The molecule has 2 N–H and O–H groups in total. The van der Waals surface area contributed by atoms with Crippen molar-refractivity contribution in [2.24, 2.45) is 10.9 Å². The van der Waals surface area contributed by atoms with E-state index in [1.54, 1.807) is 12.1 Å². The fourth-order valence-electron chi connectivity index (χ4n) is 4.19. The zero-order chi connectivity index (χ0) is 19.8. The number of likely N-dealkylation sites (tertiary alicyclic amines) is 1. The molecule has 0 bridgehead atoms. The third kappa shape index (κ3) is 7.42. The number of hydrogen-bond donors (Lipinski definition) is 2. The molecule has 5 nitrogen and oxygen atoms in total. The number of carbonyl (C=O) groups is 1. The van der Waals surface area contributed by atoms with Crippen molar-refractivity contribution in [1.29, 1.82) is 0 Å². The van der Waals surface area contributed by atoms with E-state index in [1.807, 2.05) is 17.9 Å². The van der Waals surface area contributed by atoms with Crippen LogP contribution in [0.4, 0.5) is 4.39 Å². The Labute approximate surface area is 190 Å². The van der Waals surface area contributed by atoms with Gasteiger partial charge >= 0.3 is 0 Å². The van der Waals surface area contributed by atoms with Crippen LogP contribution >= 0.6 is 24.0 Å². The summed E-state index contributed by atoms with van der Waals surface area (Å²) in [6.45, 7) is 5.00. The number of benzene rings is 1. The minimum absolute atomic E-state index is 0. The van der Waals surface area contributed by atoms with Crippen molar-refractivity contribution in [3.8, 4) is 0 Å². The van der Waals surface area contributed by atoms with Gasteiger partial charge in [-0.1, -0.05) is 31.4 Å². The Morgan fingerprint density at radius 1 is 1.24 bits per heavy atom. The maximum atomic E-state index is 13.3. The quantitative estimate of drug-likeness (QED) is 0.345. The Hall–Kier alpha value is -1.38. The molecule has 1 aromatic rings. The first-order valence-corrected chi connectivity index (χ1v) is 10.7. The van der Waals surface area contributed by atoms with Gasteiger partial charge in [-0.25, -0.2) is 4.39 Å². The van der Waals surface area contributed by atoms with Gasteiger partial charge in [-0.3, -0.25) is 9.79 Å². The van der Waals surface area contributed by atoms with Crippen LogP contribution in [0.2, 0.25) is 0 Å². The summed E-state index contributed by atoms with van der Waals surface area (Å²) < 4.78 is 13.3. The molecule has 3 rings (SSSR count). The highest BCUT2D eigenvalue weighted by Gasteiger charge is 2.31. The summed E-state index contributed by atoms with van der Waals surface area (Å²) in [5.41, 5.74) is 0.949. The molecule has 1 aromatic carbocycles. The van der Waals surface area contributed by atoms with Gasteiger partial charge in [0.2, 0.25) is 5.91 Å². The number of aliphatic imine (C=N–C) groups is 1. The highest BCUT2D eigenvalue weighted by Crippen LogP contribution is 2.26. The molecular weight excluding hydrogens is 482 g/mol. The molecule has 1 aliphatic heterocycles. The van der Waals surface area contributed by atoms with Crippen LogP contribution in [-0.2, 0) is 11.2 Å². The van der Waals surface area contributed by atoms with Crippen molar-refractivity contribution in [2.75, 3.05) is 26.2 Å². The smallest absolute Gasteiger partial charge is 0.225 e. The average molecular weight is 516 g/mol. The van der Waals surface area contributed by atoms with Gasteiger partial charge in [0.05, 0.1) is 0 Å². The molecule has 29 heavy (non-hydrogen) atoms. The summed E-state index contributed by atoms with van der Waals surface area (Å²) in [6.07, 6.45) is 7.41. The van der Waals surface area contributed by atoms with Gasteiger partial charge in [-0.2, -0.15) is 0 Å². The van der Waals surface area contributed by atoms with E-state index in [4.69, 9.17) is 0 Å². The summed E-state index contributed by atoms with van der Waals surface area (Å²) >= 11 is 0. The van der Waals surface area contributed by atoms with E-state index in [1.165, 1.54) is 25.3 Å². The van der Waals surface area contributed by atoms with Crippen LogP contribution < -0.4 is 10.6 Å². The van der Waals surface area contributed by atoms with E-state index in [0.29, 0.717) is 18.9 Å². The van der Waals surface area contributed by atoms with E-state index in [0.717, 1.165) is 50.4 Å². The van der Waals surface area contributed by atoms with Gasteiger partial charge in [-0.15, -0.1) is 24.0 Å². The van der Waals surface area contributed by atoms with Gasteiger partial charge in [0.25, 0.3) is 0 Å². The standard InChI is InChI=1S/C22H33FN4O.HI/c1-2-24-22(25-13-11-17-7-6-10-19(23)15-17)26-20-12-14-27(16-20)21(28)18-8-4-3-5-9-18;/h6-7,10,15,18,20H,2-5,8-9,11-14,16H2,1H3,(H2,24,25,26);1H. The topological polar surface area (TPSA) is 56.7 Å². The molecule has 1 amide bonds. The number of rotatable bonds is 6. The van der Waals surface area contributed by atoms with Crippen LogP contribution in [0.3, 0.4) is 0 Å². The Bertz CT molecular complexity index is 679. The zero-order valence-corrected chi connectivity index (χ0v) is 19.7. The molecular formula is C22H34FIN4O. The molecule has 0 aromatic heterocycles. The van der Waals surface area contributed by atoms with Gasteiger partial charge < -0.3 is 15.5 Å². The first-order valence-electron chi connectivity index (χ1n) is 10.7. The molecule has 0 spiro atoms. The average Bonchev–Trinajstić information content (AvgIpc) is 3.17. The van der Waals surface area contributed by atoms with Crippen molar-refractivity contribution in [2.45, 2.75) is 57.9 Å². The van der Waals surface area contributed by atoms with E-state index in [9.17, 15) is 9.18 Å². The van der Waals surface area contributed by atoms with Crippen molar-refractivity contribution < 1.29 is 9.18 Å². The largest absolute Gasteiger partial charge is 0.357 e. The van der Waals surface area contributed by atoms with E-state index in [-0.39, 0.29) is 41.8 Å². The first kappa shape index (κ1) is 23.9. The van der Waals surface area contributed by atoms with Crippen molar-refractivity contribution >= 4 is 35.8 Å². The van der Waals surface area contributed by atoms with Crippen LogP contribution in [0.5, 0.6) is 0 Å². The summed E-state index contributed by atoms with van der Waals surface area (Å²) in [5.74, 6) is 1.15. The Morgan fingerprint density at radius 2 is 2.03 bits per heavy atom. The Balaban J connectivity index is 0.00000300. The monoisotopic (exact) mass is 516 g/mol. The van der Waals surface area contributed by atoms with Crippen molar-refractivity contribution in [1.82, 2.24) is 15.5 Å². The number of hydrogen-bond acceptors (Lipinski definition) is 2. The van der Waals surface area contributed by atoms with Gasteiger partial charge in [0, 0.05) is 38.1 Å². The lowest BCUT2D eigenvalue weighted by molar-refractivity contribution is -0.135. The molecule has 1 saturated heterocycles. The van der Waals surface area contributed by atoms with Crippen molar-refractivity contribution in [3.63, 3.8) is 0 Å². The van der Waals surface area contributed by atoms with Crippen LogP contribution in [0.25, 0.3) is 0 Å². The maximum absolute atomic E-state index is 13.3. The lowest BCUT2D eigenvalue weighted by Gasteiger charge is -2.26. The normalized spacial score (nSPS) is 20.3. The molecule has 1 heterocycles. The predicted octanol–water partition coefficient (Wildman–Crippen LogP) is 3.72. The van der Waals surface area contributed by atoms with E-state index >= 15 is 0 Å². The molecule has 1 atom stereocenters. The predicted molar refractivity (Wildman–Crippen MR) is 126 cm³/mol. The number of halogens is 2. The van der Waals surface area contributed by atoms with E-state index in [2.05, 4.69) is 15.6 Å². The summed E-state index contributed by atoms with van der Waals surface area (Å²) in [5, 5.41) is 6.75. The molecule has 2 aliphatic rings. The fourth-order valence-corrected chi connectivity index (χ4v) is 4.19. The number of nitrogens with zero attached hydrogens (tertiary/aromatic N) is 2. The number of carbonyl (C=O) groups excluding carboxylic acids is 1. The molecule has 0 radical (unpaired) electrons. The molecule has 1 unspecified atom stereocenters. The second-order valence-electron chi connectivity index (χ2n) is 7.89. The van der Waals surface area contributed by atoms with Crippen LogP contribution in [0, 0.1) is 11.7 Å². The first-order chi connectivity index (χ1) is 13.7. The van der Waals surface area contributed by atoms with Crippen LogP contribution in [0.15, 0.2) is 29.3 Å². The lowest BCUT2D eigenvalue weighted by Crippen LogP contribution is -2.45. The third-order valence-corrected chi connectivity index (χ3v) is 5.70. The third-order valence-electron chi connectivity index (χ3n) is 5.70. The molecule has 1 aliphatic carbocycles. The molecule has 7 heteroatoms. The minimum atomic E-state index is -0.208. The summed E-state index contributed by atoms with van der Waals surface area (Å²) in [6, 6.07) is 6.90. The molecule has 2 fully saturated rings. The SMILES string of the molecule is CCNC(=NCCc1cccc(F)c1)NC1CCN(C(=O)C2CCCCC2)C1.I. The highest BCUT2D eigenvalue weighted by atomic mass is 127. The van der Waals surface area contributed by atoms with E-state index < -0.39 is 0 Å². The van der Waals surface area contributed by atoms with Crippen LogP contribution in [-0.4, -0.2) is 49.0 Å². The van der Waals surface area contributed by atoms with Gasteiger partial charge in [0.15, 0.2) is 5.96 Å². The number of guanidine groups is 1. The molecule has 162 valence electrons. The Kier molecular flexibility index (Phi) is 10.2. The Morgan fingerprint density at radius 3 is 2.76 bits per heavy atom. The summed E-state index contributed by atoms with van der Waals surface area (Å²) in [4.78, 5) is 19.4. The van der Waals surface area contributed by atoms with Crippen molar-refractivity contribution in [3.05, 3.63) is 35.6 Å². The van der Waals surface area contributed by atoms with Gasteiger partial charge in [-0.05, 0) is 50.3 Å². The number of amides is 1. The second kappa shape index (κ2) is 12.3.